The summed E-state index contributed by atoms with van der Waals surface area (Å²) in [6, 6.07) is 56.8. The van der Waals surface area contributed by atoms with Gasteiger partial charge in [-0.2, -0.15) is 0 Å². The zero-order chi connectivity index (χ0) is 28.3. The number of benzene rings is 8. The van der Waals surface area contributed by atoms with E-state index in [2.05, 4.69) is 158 Å². The van der Waals surface area contributed by atoms with Crippen molar-refractivity contribution in [3.63, 3.8) is 0 Å². The Labute approximate surface area is 249 Å². The van der Waals surface area contributed by atoms with E-state index in [0.717, 1.165) is 16.6 Å². The largest absolute Gasteiger partial charge is 0.456 e. The number of hydrogen-bond acceptors (Lipinski definition) is 1. The molecule has 8 aromatic carbocycles. The van der Waals surface area contributed by atoms with Crippen LogP contribution in [0.3, 0.4) is 0 Å². The topological polar surface area (TPSA) is 13.1 Å². The standard InChI is InChI=1S/C42H26O/c1-2-11-28(12-3-1)40-33-15-6-8-17-35(33)41(36-18-9-7-16-34(36)40)29-23-21-27(22-24-29)32-19-10-20-38-42(32)37-25-30-13-4-5-14-31(30)26-39(37)43-38/h1-26H. The Hall–Kier alpha value is -5.66. The SMILES string of the molecule is c1ccc(-c2c3ccccc3c(-c3ccc(-c4cccc5oc6cc7ccccc7cc6c45)cc3)c3ccccc23)cc1. The molecule has 1 nitrogen and oxygen atoms in total. The summed E-state index contributed by atoms with van der Waals surface area (Å²) in [6.07, 6.45) is 0. The first-order valence-corrected chi connectivity index (χ1v) is 14.8. The second-order valence-corrected chi connectivity index (χ2v) is 11.3. The maximum absolute atomic E-state index is 6.36. The summed E-state index contributed by atoms with van der Waals surface area (Å²) in [6.45, 7) is 0. The zero-order valence-electron chi connectivity index (χ0n) is 23.4. The summed E-state index contributed by atoms with van der Waals surface area (Å²) in [5.74, 6) is 0. The van der Waals surface area contributed by atoms with Crippen molar-refractivity contribution in [3.05, 3.63) is 158 Å². The van der Waals surface area contributed by atoms with E-state index in [4.69, 9.17) is 4.42 Å². The number of rotatable bonds is 3. The molecule has 9 rings (SSSR count). The van der Waals surface area contributed by atoms with Crippen LogP contribution in [0, 0.1) is 0 Å². The lowest BCUT2D eigenvalue weighted by Gasteiger charge is -2.18. The van der Waals surface area contributed by atoms with Gasteiger partial charge in [0.25, 0.3) is 0 Å². The van der Waals surface area contributed by atoms with Gasteiger partial charge in [0.2, 0.25) is 0 Å². The van der Waals surface area contributed by atoms with Gasteiger partial charge in [-0.25, -0.2) is 0 Å². The van der Waals surface area contributed by atoms with Crippen molar-refractivity contribution in [3.8, 4) is 33.4 Å². The van der Waals surface area contributed by atoms with Crippen molar-refractivity contribution in [2.24, 2.45) is 0 Å². The van der Waals surface area contributed by atoms with Gasteiger partial charge in [-0.1, -0.05) is 140 Å². The van der Waals surface area contributed by atoms with Gasteiger partial charge in [-0.05, 0) is 83.9 Å². The van der Waals surface area contributed by atoms with E-state index in [-0.39, 0.29) is 0 Å². The smallest absolute Gasteiger partial charge is 0.136 e. The Morgan fingerprint density at radius 3 is 1.47 bits per heavy atom. The second-order valence-electron chi connectivity index (χ2n) is 11.3. The van der Waals surface area contributed by atoms with Gasteiger partial charge in [0.15, 0.2) is 0 Å². The van der Waals surface area contributed by atoms with Crippen LogP contribution in [-0.2, 0) is 0 Å². The fourth-order valence-electron chi connectivity index (χ4n) is 6.92. The van der Waals surface area contributed by atoms with Gasteiger partial charge in [0.05, 0.1) is 0 Å². The summed E-state index contributed by atoms with van der Waals surface area (Å²) in [5.41, 5.74) is 9.23. The lowest BCUT2D eigenvalue weighted by molar-refractivity contribution is 0.669. The van der Waals surface area contributed by atoms with E-state index < -0.39 is 0 Å². The van der Waals surface area contributed by atoms with Crippen LogP contribution in [0.5, 0.6) is 0 Å². The molecular formula is C42H26O. The minimum absolute atomic E-state index is 0.917. The highest BCUT2D eigenvalue weighted by Crippen LogP contribution is 2.44. The molecule has 0 atom stereocenters. The lowest BCUT2D eigenvalue weighted by Crippen LogP contribution is -1.90. The Morgan fingerprint density at radius 2 is 0.837 bits per heavy atom. The van der Waals surface area contributed by atoms with Crippen molar-refractivity contribution in [1.82, 2.24) is 0 Å². The average Bonchev–Trinajstić information content (AvgIpc) is 3.44. The third-order valence-electron chi connectivity index (χ3n) is 8.84. The van der Waals surface area contributed by atoms with Crippen molar-refractivity contribution in [1.29, 1.82) is 0 Å². The van der Waals surface area contributed by atoms with Crippen molar-refractivity contribution < 1.29 is 4.42 Å². The second kappa shape index (κ2) is 9.44. The summed E-state index contributed by atoms with van der Waals surface area (Å²) in [5, 5.41) is 9.81. The molecule has 0 radical (unpaired) electrons. The minimum atomic E-state index is 0.917. The maximum Gasteiger partial charge on any atom is 0.136 e. The fraction of sp³-hybridized carbons (Fsp3) is 0. The molecule has 0 aliphatic heterocycles. The van der Waals surface area contributed by atoms with Gasteiger partial charge in [0.1, 0.15) is 11.2 Å². The average molecular weight is 547 g/mol. The number of hydrogen-bond donors (Lipinski definition) is 0. The summed E-state index contributed by atoms with van der Waals surface area (Å²) >= 11 is 0. The van der Waals surface area contributed by atoms with E-state index in [1.807, 2.05) is 0 Å². The molecule has 0 amide bonds. The van der Waals surface area contributed by atoms with Crippen molar-refractivity contribution >= 4 is 54.3 Å². The van der Waals surface area contributed by atoms with Gasteiger partial charge in [-0.15, -0.1) is 0 Å². The normalized spacial score (nSPS) is 11.7. The minimum Gasteiger partial charge on any atom is -0.456 e. The summed E-state index contributed by atoms with van der Waals surface area (Å²) in [4.78, 5) is 0. The number of fused-ring (bicyclic) bond motifs is 6. The molecule has 0 saturated heterocycles. The van der Waals surface area contributed by atoms with Crippen LogP contribution in [0.1, 0.15) is 0 Å². The van der Waals surface area contributed by atoms with E-state index in [1.54, 1.807) is 0 Å². The molecule has 0 bridgehead atoms. The summed E-state index contributed by atoms with van der Waals surface area (Å²) in [7, 11) is 0. The first kappa shape index (κ1) is 24.0. The van der Waals surface area contributed by atoms with E-state index in [0.29, 0.717) is 0 Å². The molecule has 0 aliphatic rings. The van der Waals surface area contributed by atoms with Crippen molar-refractivity contribution in [2.75, 3.05) is 0 Å². The molecule has 0 spiro atoms. The van der Waals surface area contributed by atoms with Gasteiger partial charge in [0, 0.05) is 10.8 Å². The molecule has 1 heteroatoms. The van der Waals surface area contributed by atoms with Crippen molar-refractivity contribution in [2.45, 2.75) is 0 Å². The maximum atomic E-state index is 6.36. The third-order valence-corrected chi connectivity index (χ3v) is 8.84. The Kier molecular flexibility index (Phi) is 5.27. The monoisotopic (exact) mass is 546 g/mol. The van der Waals surface area contributed by atoms with E-state index in [9.17, 15) is 0 Å². The van der Waals surface area contributed by atoms with Crippen LogP contribution < -0.4 is 0 Å². The molecule has 9 aromatic rings. The molecule has 200 valence electrons. The molecule has 0 N–H and O–H groups in total. The molecular weight excluding hydrogens is 520 g/mol. The highest BCUT2D eigenvalue weighted by molar-refractivity contribution is 6.21. The van der Waals surface area contributed by atoms with Gasteiger partial charge >= 0.3 is 0 Å². The third kappa shape index (κ3) is 3.72. The molecule has 0 unspecified atom stereocenters. The van der Waals surface area contributed by atoms with Crippen LogP contribution >= 0.6 is 0 Å². The van der Waals surface area contributed by atoms with E-state index >= 15 is 0 Å². The molecule has 1 heterocycles. The molecule has 0 aliphatic carbocycles. The number of furan rings is 1. The highest BCUT2D eigenvalue weighted by atomic mass is 16.3. The van der Waals surface area contributed by atoms with Gasteiger partial charge < -0.3 is 4.42 Å². The molecule has 43 heavy (non-hydrogen) atoms. The van der Waals surface area contributed by atoms with Gasteiger partial charge in [-0.3, -0.25) is 0 Å². The summed E-state index contributed by atoms with van der Waals surface area (Å²) < 4.78 is 6.36. The Morgan fingerprint density at radius 1 is 0.326 bits per heavy atom. The fourth-order valence-corrected chi connectivity index (χ4v) is 6.92. The Bertz CT molecular complexity index is 2420. The highest BCUT2D eigenvalue weighted by Gasteiger charge is 2.17. The molecule has 1 aromatic heterocycles. The van der Waals surface area contributed by atoms with Crippen LogP contribution in [0.25, 0.3) is 87.6 Å². The zero-order valence-corrected chi connectivity index (χ0v) is 23.4. The predicted molar refractivity (Wildman–Crippen MR) is 183 cm³/mol. The Balaban J connectivity index is 1.25. The van der Waals surface area contributed by atoms with Crippen LogP contribution in [0.15, 0.2) is 162 Å². The predicted octanol–water partition coefficient (Wildman–Crippen LogP) is 12.0. The van der Waals surface area contributed by atoms with Crippen LogP contribution in [0.4, 0.5) is 0 Å². The first-order chi connectivity index (χ1) is 21.3. The quantitative estimate of drug-likeness (QED) is 0.201. The first-order valence-electron chi connectivity index (χ1n) is 14.8. The molecule has 0 fully saturated rings. The van der Waals surface area contributed by atoms with E-state index in [1.165, 1.54) is 71.1 Å². The van der Waals surface area contributed by atoms with Crippen LogP contribution in [0.2, 0.25) is 0 Å². The lowest BCUT2D eigenvalue weighted by atomic mass is 9.85. The molecule has 0 saturated carbocycles. The van der Waals surface area contributed by atoms with Crippen LogP contribution in [-0.4, -0.2) is 0 Å².